The van der Waals surface area contributed by atoms with Crippen LogP contribution in [0.25, 0.3) is 0 Å². The third-order valence-corrected chi connectivity index (χ3v) is 4.78. The fourth-order valence-electron chi connectivity index (χ4n) is 2.06. The van der Waals surface area contributed by atoms with Gasteiger partial charge in [0.25, 0.3) is 5.91 Å². The fraction of sp³-hybridized carbons (Fsp3) is 0.333. The van der Waals surface area contributed by atoms with E-state index in [0.717, 1.165) is 10.6 Å². The lowest BCUT2D eigenvalue weighted by molar-refractivity contribution is 0.0946. The summed E-state index contributed by atoms with van der Waals surface area (Å²) in [7, 11) is -3.08. The lowest BCUT2D eigenvalue weighted by atomic mass is 10.1. The van der Waals surface area contributed by atoms with Crippen LogP contribution in [-0.4, -0.2) is 32.1 Å². The van der Waals surface area contributed by atoms with E-state index in [0.29, 0.717) is 30.8 Å². The standard InChI is InChI=1S/C15H19N3O3S2/c1-23(20,21)10-12-4-2-3-11(7-12)8-17-15(19)13-9-22-14(18-13)5-6-16/h2-4,7,9H,5-6,8,10,16H2,1H3,(H,17,19). The van der Waals surface area contributed by atoms with E-state index in [-0.39, 0.29) is 11.7 Å². The average molecular weight is 353 g/mol. The van der Waals surface area contributed by atoms with Crippen LogP contribution in [0.2, 0.25) is 0 Å². The Hall–Kier alpha value is -1.77. The number of amides is 1. The predicted octanol–water partition coefficient (Wildman–Crippen LogP) is 1.12. The van der Waals surface area contributed by atoms with Crippen LogP contribution in [0.3, 0.4) is 0 Å². The number of nitrogens with two attached hydrogens (primary N) is 1. The smallest absolute Gasteiger partial charge is 0.271 e. The first-order chi connectivity index (χ1) is 10.9. The van der Waals surface area contributed by atoms with Crippen molar-refractivity contribution in [3.05, 3.63) is 51.5 Å². The number of benzene rings is 1. The minimum Gasteiger partial charge on any atom is -0.347 e. The molecular formula is C15H19N3O3S2. The molecule has 0 unspecified atom stereocenters. The zero-order chi connectivity index (χ0) is 16.9. The quantitative estimate of drug-likeness (QED) is 0.776. The Morgan fingerprint density at radius 3 is 2.78 bits per heavy atom. The Morgan fingerprint density at radius 2 is 2.09 bits per heavy atom. The highest BCUT2D eigenvalue weighted by atomic mass is 32.2. The van der Waals surface area contributed by atoms with E-state index >= 15 is 0 Å². The zero-order valence-corrected chi connectivity index (χ0v) is 14.4. The maximum Gasteiger partial charge on any atom is 0.271 e. The SMILES string of the molecule is CS(=O)(=O)Cc1cccc(CNC(=O)c2csc(CCN)n2)c1. The third kappa shape index (κ3) is 5.74. The number of carbonyl (C=O) groups is 1. The van der Waals surface area contributed by atoms with Gasteiger partial charge in [0.05, 0.1) is 10.8 Å². The molecule has 1 aromatic carbocycles. The maximum absolute atomic E-state index is 12.1. The first-order valence-electron chi connectivity index (χ1n) is 7.05. The van der Waals surface area contributed by atoms with Gasteiger partial charge in [-0.25, -0.2) is 13.4 Å². The molecule has 1 aromatic heterocycles. The Labute approximate surface area is 139 Å². The van der Waals surface area contributed by atoms with Gasteiger partial charge in [0.2, 0.25) is 0 Å². The number of hydrogen-bond donors (Lipinski definition) is 2. The Morgan fingerprint density at radius 1 is 1.35 bits per heavy atom. The number of thiazole rings is 1. The number of nitrogens with zero attached hydrogens (tertiary/aromatic N) is 1. The van der Waals surface area contributed by atoms with Crippen molar-refractivity contribution >= 4 is 27.1 Å². The highest BCUT2D eigenvalue weighted by molar-refractivity contribution is 7.89. The monoisotopic (exact) mass is 353 g/mol. The summed E-state index contributed by atoms with van der Waals surface area (Å²) < 4.78 is 22.7. The van der Waals surface area contributed by atoms with E-state index < -0.39 is 9.84 Å². The normalized spacial score (nSPS) is 11.4. The Kier molecular flexibility index (Phi) is 5.86. The van der Waals surface area contributed by atoms with Crippen molar-refractivity contribution in [2.45, 2.75) is 18.7 Å². The van der Waals surface area contributed by atoms with Gasteiger partial charge in [-0.15, -0.1) is 11.3 Å². The second-order valence-electron chi connectivity index (χ2n) is 5.24. The summed E-state index contributed by atoms with van der Waals surface area (Å²) in [6.45, 7) is 0.821. The highest BCUT2D eigenvalue weighted by Gasteiger charge is 2.11. The van der Waals surface area contributed by atoms with Gasteiger partial charge in [-0.2, -0.15) is 0 Å². The van der Waals surface area contributed by atoms with Gasteiger partial charge in [-0.1, -0.05) is 24.3 Å². The molecule has 6 nitrogen and oxygen atoms in total. The van der Waals surface area contributed by atoms with Crippen molar-refractivity contribution in [3.8, 4) is 0 Å². The zero-order valence-electron chi connectivity index (χ0n) is 12.8. The number of nitrogens with one attached hydrogen (secondary N) is 1. The van der Waals surface area contributed by atoms with E-state index in [2.05, 4.69) is 10.3 Å². The number of sulfone groups is 1. The van der Waals surface area contributed by atoms with Crippen molar-refractivity contribution in [3.63, 3.8) is 0 Å². The minimum absolute atomic E-state index is 0.0106. The molecule has 23 heavy (non-hydrogen) atoms. The summed E-state index contributed by atoms with van der Waals surface area (Å²) in [5, 5.41) is 5.33. The second kappa shape index (κ2) is 7.67. The van der Waals surface area contributed by atoms with E-state index in [9.17, 15) is 13.2 Å². The Balaban J connectivity index is 1.97. The van der Waals surface area contributed by atoms with Crippen LogP contribution in [0.1, 0.15) is 26.6 Å². The molecule has 0 aliphatic carbocycles. The molecule has 0 aliphatic rings. The van der Waals surface area contributed by atoms with E-state index in [4.69, 9.17) is 5.73 Å². The van der Waals surface area contributed by atoms with Gasteiger partial charge in [0.15, 0.2) is 9.84 Å². The van der Waals surface area contributed by atoms with Gasteiger partial charge in [-0.05, 0) is 17.7 Å². The molecule has 8 heteroatoms. The topological polar surface area (TPSA) is 102 Å². The molecule has 2 aromatic rings. The fourth-order valence-corrected chi connectivity index (χ4v) is 3.64. The predicted molar refractivity (Wildman–Crippen MR) is 91.0 cm³/mol. The molecule has 0 radical (unpaired) electrons. The summed E-state index contributed by atoms with van der Waals surface area (Å²) in [5.41, 5.74) is 7.39. The van der Waals surface area contributed by atoms with Crippen LogP contribution >= 0.6 is 11.3 Å². The van der Waals surface area contributed by atoms with Gasteiger partial charge in [-0.3, -0.25) is 4.79 Å². The maximum atomic E-state index is 12.1. The van der Waals surface area contributed by atoms with E-state index in [1.54, 1.807) is 23.6 Å². The number of rotatable bonds is 7. The first kappa shape index (κ1) is 17.6. The molecule has 0 saturated heterocycles. The van der Waals surface area contributed by atoms with Crippen molar-refractivity contribution in [1.29, 1.82) is 0 Å². The van der Waals surface area contributed by atoms with Crippen LogP contribution in [0.15, 0.2) is 29.6 Å². The Bertz CT molecular complexity index is 785. The van der Waals surface area contributed by atoms with Crippen molar-refractivity contribution in [2.75, 3.05) is 12.8 Å². The molecule has 0 atom stereocenters. The van der Waals surface area contributed by atoms with Crippen molar-refractivity contribution < 1.29 is 13.2 Å². The minimum atomic E-state index is -3.08. The molecule has 3 N–H and O–H groups in total. The molecule has 124 valence electrons. The van der Waals surface area contributed by atoms with Crippen molar-refractivity contribution in [2.24, 2.45) is 5.73 Å². The highest BCUT2D eigenvalue weighted by Crippen LogP contribution is 2.11. The van der Waals surface area contributed by atoms with Crippen LogP contribution in [0.5, 0.6) is 0 Å². The molecule has 0 aliphatic heterocycles. The summed E-state index contributed by atoms with van der Waals surface area (Å²) in [6, 6.07) is 7.16. The molecule has 0 bridgehead atoms. The van der Waals surface area contributed by atoms with E-state index in [1.807, 2.05) is 6.07 Å². The van der Waals surface area contributed by atoms with E-state index in [1.165, 1.54) is 17.6 Å². The first-order valence-corrected chi connectivity index (χ1v) is 9.99. The van der Waals surface area contributed by atoms with Crippen LogP contribution in [-0.2, 0) is 28.6 Å². The second-order valence-corrected chi connectivity index (χ2v) is 8.32. The molecule has 1 heterocycles. The summed E-state index contributed by atoms with van der Waals surface area (Å²) in [4.78, 5) is 16.3. The molecule has 0 saturated carbocycles. The lowest BCUT2D eigenvalue weighted by Gasteiger charge is -2.06. The lowest BCUT2D eigenvalue weighted by Crippen LogP contribution is -2.23. The molecule has 2 rings (SSSR count). The van der Waals surface area contributed by atoms with Gasteiger partial charge in [0, 0.05) is 24.6 Å². The molecule has 1 amide bonds. The van der Waals surface area contributed by atoms with Crippen molar-refractivity contribution in [1.82, 2.24) is 10.3 Å². The largest absolute Gasteiger partial charge is 0.347 e. The van der Waals surface area contributed by atoms with Crippen LogP contribution < -0.4 is 11.1 Å². The summed E-state index contributed by atoms with van der Waals surface area (Å²) in [6.07, 6.45) is 1.86. The van der Waals surface area contributed by atoms with Gasteiger partial charge < -0.3 is 11.1 Å². The molecule has 0 spiro atoms. The average Bonchev–Trinajstić information content (AvgIpc) is 2.92. The summed E-state index contributed by atoms with van der Waals surface area (Å²) in [5.74, 6) is -0.262. The molecular weight excluding hydrogens is 334 g/mol. The molecule has 0 fully saturated rings. The third-order valence-electron chi connectivity index (χ3n) is 3.02. The number of carbonyl (C=O) groups excluding carboxylic acids is 1. The van der Waals surface area contributed by atoms with Gasteiger partial charge >= 0.3 is 0 Å². The number of aromatic nitrogens is 1. The summed E-state index contributed by atoms with van der Waals surface area (Å²) >= 11 is 1.41. The van der Waals surface area contributed by atoms with Gasteiger partial charge in [0.1, 0.15) is 5.69 Å². The van der Waals surface area contributed by atoms with Crippen LogP contribution in [0, 0.1) is 0 Å². The number of hydrogen-bond acceptors (Lipinski definition) is 6. The van der Waals surface area contributed by atoms with Crippen LogP contribution in [0.4, 0.5) is 0 Å².